The number of fused-ring (bicyclic) bond motifs is 1. The standard InChI is InChI=1S/C25H25FN6O2/c1-16-5-2-3-6-18(16)13-21(33)31-12-4-7-19(15-31)23-27-24-22(25(34)28-23)29-30-32(24)14-17-8-10-20(26)11-9-17/h2-3,5-6,8-11,19H,4,7,12-15H2,1H3,(H,27,28,34)/t19-/m1/s1. The summed E-state index contributed by atoms with van der Waals surface area (Å²) in [6.45, 7) is 3.52. The summed E-state index contributed by atoms with van der Waals surface area (Å²) in [6.07, 6.45) is 2.01. The average molecular weight is 461 g/mol. The van der Waals surface area contributed by atoms with E-state index in [2.05, 4.69) is 15.3 Å². The van der Waals surface area contributed by atoms with Gasteiger partial charge in [-0.1, -0.05) is 41.6 Å². The van der Waals surface area contributed by atoms with E-state index in [1.807, 2.05) is 36.1 Å². The molecule has 0 unspecified atom stereocenters. The van der Waals surface area contributed by atoms with Crippen LogP contribution in [0.4, 0.5) is 4.39 Å². The largest absolute Gasteiger partial charge is 0.342 e. The van der Waals surface area contributed by atoms with E-state index in [-0.39, 0.29) is 28.7 Å². The van der Waals surface area contributed by atoms with E-state index in [0.717, 1.165) is 29.5 Å². The lowest BCUT2D eigenvalue weighted by Crippen LogP contribution is -2.40. The molecule has 34 heavy (non-hydrogen) atoms. The molecule has 2 aromatic carbocycles. The second kappa shape index (κ2) is 9.17. The summed E-state index contributed by atoms with van der Waals surface area (Å²) in [7, 11) is 0. The number of carbonyl (C=O) groups is 1. The third-order valence-corrected chi connectivity index (χ3v) is 6.40. The molecule has 3 heterocycles. The van der Waals surface area contributed by atoms with Crippen LogP contribution in [0, 0.1) is 12.7 Å². The van der Waals surface area contributed by atoms with E-state index in [1.54, 1.807) is 16.8 Å². The Labute approximate surface area is 195 Å². The number of benzene rings is 2. The Kier molecular flexibility index (Phi) is 5.91. The lowest BCUT2D eigenvalue weighted by molar-refractivity contribution is -0.131. The third kappa shape index (κ3) is 4.46. The Balaban J connectivity index is 1.37. The highest BCUT2D eigenvalue weighted by Gasteiger charge is 2.27. The molecule has 8 nitrogen and oxygen atoms in total. The van der Waals surface area contributed by atoms with Crippen LogP contribution in [0.2, 0.25) is 0 Å². The number of hydrogen-bond acceptors (Lipinski definition) is 5. The molecule has 2 aromatic heterocycles. The van der Waals surface area contributed by atoms with Crippen molar-refractivity contribution in [3.63, 3.8) is 0 Å². The van der Waals surface area contributed by atoms with Crippen LogP contribution < -0.4 is 5.56 Å². The summed E-state index contributed by atoms with van der Waals surface area (Å²) in [6, 6.07) is 14.0. The number of aromatic amines is 1. The highest BCUT2D eigenvalue weighted by atomic mass is 19.1. The fourth-order valence-corrected chi connectivity index (χ4v) is 4.46. The minimum absolute atomic E-state index is 0.0745. The van der Waals surface area contributed by atoms with Crippen LogP contribution in [0.3, 0.4) is 0 Å². The summed E-state index contributed by atoms with van der Waals surface area (Å²) < 4.78 is 14.8. The van der Waals surface area contributed by atoms with Crippen LogP contribution in [0.25, 0.3) is 11.2 Å². The number of nitrogens with one attached hydrogen (secondary N) is 1. The van der Waals surface area contributed by atoms with Gasteiger partial charge in [-0.25, -0.2) is 14.1 Å². The highest BCUT2D eigenvalue weighted by Crippen LogP contribution is 2.25. The van der Waals surface area contributed by atoms with Crippen molar-refractivity contribution in [2.24, 2.45) is 0 Å². The summed E-state index contributed by atoms with van der Waals surface area (Å²) >= 11 is 0. The predicted octanol–water partition coefficient (Wildman–Crippen LogP) is 2.96. The number of amides is 1. The molecular weight excluding hydrogens is 435 g/mol. The van der Waals surface area contributed by atoms with Crippen LogP contribution in [0.15, 0.2) is 53.3 Å². The summed E-state index contributed by atoms with van der Waals surface area (Å²) in [5, 5.41) is 8.07. The molecule has 1 saturated heterocycles. The van der Waals surface area contributed by atoms with Gasteiger partial charge < -0.3 is 9.88 Å². The third-order valence-electron chi connectivity index (χ3n) is 6.40. The second-order valence-corrected chi connectivity index (χ2v) is 8.78. The van der Waals surface area contributed by atoms with Crippen molar-refractivity contribution in [1.82, 2.24) is 29.9 Å². The Hall–Kier alpha value is -3.88. The number of halogens is 1. The maximum Gasteiger partial charge on any atom is 0.281 e. The Bertz CT molecular complexity index is 1390. The molecular formula is C25H25FN6O2. The zero-order valence-electron chi connectivity index (χ0n) is 18.9. The van der Waals surface area contributed by atoms with E-state index >= 15 is 0 Å². The van der Waals surface area contributed by atoms with Gasteiger partial charge in [0.25, 0.3) is 5.56 Å². The van der Waals surface area contributed by atoms with Crippen molar-refractivity contribution in [3.05, 3.63) is 87.2 Å². The van der Waals surface area contributed by atoms with Crippen LogP contribution >= 0.6 is 0 Å². The Morgan fingerprint density at radius 2 is 1.97 bits per heavy atom. The minimum atomic E-state index is -0.353. The molecule has 174 valence electrons. The normalized spacial score (nSPS) is 16.2. The molecule has 0 radical (unpaired) electrons. The number of rotatable bonds is 5. The fourth-order valence-electron chi connectivity index (χ4n) is 4.46. The van der Waals surface area contributed by atoms with Crippen molar-refractivity contribution in [1.29, 1.82) is 0 Å². The molecule has 4 aromatic rings. The maximum absolute atomic E-state index is 13.2. The van der Waals surface area contributed by atoms with Gasteiger partial charge in [-0.15, -0.1) is 5.10 Å². The topological polar surface area (TPSA) is 96.8 Å². The first-order valence-electron chi connectivity index (χ1n) is 11.4. The first-order valence-corrected chi connectivity index (χ1v) is 11.4. The van der Waals surface area contributed by atoms with Crippen molar-refractivity contribution in [2.75, 3.05) is 13.1 Å². The predicted molar refractivity (Wildman–Crippen MR) is 125 cm³/mol. The Morgan fingerprint density at radius 3 is 2.76 bits per heavy atom. The molecule has 0 bridgehead atoms. The van der Waals surface area contributed by atoms with Gasteiger partial charge in [-0.3, -0.25) is 9.59 Å². The molecule has 1 aliphatic heterocycles. The molecule has 0 aliphatic carbocycles. The van der Waals surface area contributed by atoms with E-state index in [0.29, 0.717) is 37.5 Å². The van der Waals surface area contributed by atoms with Crippen molar-refractivity contribution in [2.45, 2.75) is 38.6 Å². The van der Waals surface area contributed by atoms with Crippen LogP contribution in [-0.2, 0) is 17.8 Å². The Morgan fingerprint density at radius 1 is 1.18 bits per heavy atom. The SMILES string of the molecule is Cc1ccccc1CC(=O)N1CCC[C@@H](c2nc3c(nnn3Cc3ccc(F)cc3)c(=O)[nH]2)C1. The lowest BCUT2D eigenvalue weighted by atomic mass is 9.96. The molecule has 1 fully saturated rings. The number of aryl methyl sites for hydroxylation is 1. The van der Waals surface area contributed by atoms with Gasteiger partial charge in [-0.05, 0) is 48.6 Å². The molecule has 1 atom stereocenters. The van der Waals surface area contributed by atoms with E-state index < -0.39 is 0 Å². The quantitative estimate of drug-likeness (QED) is 0.494. The molecule has 9 heteroatoms. The first kappa shape index (κ1) is 21.9. The maximum atomic E-state index is 13.2. The smallest absolute Gasteiger partial charge is 0.281 e. The lowest BCUT2D eigenvalue weighted by Gasteiger charge is -2.32. The van der Waals surface area contributed by atoms with Gasteiger partial charge in [0.05, 0.1) is 13.0 Å². The van der Waals surface area contributed by atoms with Gasteiger partial charge in [0, 0.05) is 19.0 Å². The van der Waals surface area contributed by atoms with Crippen molar-refractivity contribution >= 4 is 17.1 Å². The van der Waals surface area contributed by atoms with Gasteiger partial charge in [-0.2, -0.15) is 0 Å². The van der Waals surface area contributed by atoms with Crippen LogP contribution in [-0.4, -0.2) is 48.9 Å². The van der Waals surface area contributed by atoms with Gasteiger partial charge in [0.2, 0.25) is 5.91 Å². The summed E-state index contributed by atoms with van der Waals surface area (Å²) in [5.41, 5.74) is 3.14. The monoisotopic (exact) mass is 460 g/mol. The zero-order valence-corrected chi connectivity index (χ0v) is 18.9. The molecule has 0 saturated carbocycles. The van der Waals surface area contributed by atoms with Crippen molar-refractivity contribution < 1.29 is 9.18 Å². The van der Waals surface area contributed by atoms with Gasteiger partial charge in [0.15, 0.2) is 11.2 Å². The highest BCUT2D eigenvalue weighted by molar-refractivity contribution is 5.79. The summed E-state index contributed by atoms with van der Waals surface area (Å²) in [5.74, 6) is 0.211. The number of nitrogens with zero attached hydrogens (tertiary/aromatic N) is 5. The zero-order chi connectivity index (χ0) is 23.7. The number of H-pyrrole nitrogens is 1. The number of aromatic nitrogens is 5. The van der Waals surface area contributed by atoms with Crippen molar-refractivity contribution in [3.8, 4) is 0 Å². The van der Waals surface area contributed by atoms with Crippen LogP contribution in [0.5, 0.6) is 0 Å². The second-order valence-electron chi connectivity index (χ2n) is 8.78. The number of hydrogen-bond donors (Lipinski definition) is 1. The molecule has 1 amide bonds. The van der Waals surface area contributed by atoms with Gasteiger partial charge >= 0.3 is 0 Å². The average Bonchev–Trinajstić information content (AvgIpc) is 3.25. The molecule has 1 N–H and O–H groups in total. The number of likely N-dealkylation sites (tertiary alicyclic amines) is 1. The van der Waals surface area contributed by atoms with Crippen LogP contribution in [0.1, 0.15) is 41.3 Å². The fraction of sp³-hybridized carbons (Fsp3) is 0.320. The summed E-state index contributed by atoms with van der Waals surface area (Å²) in [4.78, 5) is 35.1. The van der Waals surface area contributed by atoms with E-state index in [9.17, 15) is 14.0 Å². The molecule has 5 rings (SSSR count). The molecule has 1 aliphatic rings. The van der Waals surface area contributed by atoms with E-state index in [1.165, 1.54) is 12.1 Å². The van der Waals surface area contributed by atoms with Gasteiger partial charge in [0.1, 0.15) is 11.6 Å². The number of carbonyl (C=O) groups excluding carboxylic acids is 1. The minimum Gasteiger partial charge on any atom is -0.342 e. The number of piperidine rings is 1. The van der Waals surface area contributed by atoms with E-state index in [4.69, 9.17) is 4.98 Å². The molecule has 0 spiro atoms. The first-order chi connectivity index (χ1) is 16.5.